The lowest BCUT2D eigenvalue weighted by Crippen LogP contribution is -2.39. The van der Waals surface area contributed by atoms with Crippen molar-refractivity contribution in [1.82, 2.24) is 24.1 Å². The molecule has 9 nitrogen and oxygen atoms in total. The van der Waals surface area contributed by atoms with E-state index in [-0.39, 0.29) is 23.3 Å². The van der Waals surface area contributed by atoms with Crippen molar-refractivity contribution in [2.45, 2.75) is 32.1 Å². The van der Waals surface area contributed by atoms with Crippen LogP contribution in [0.1, 0.15) is 25.8 Å². The van der Waals surface area contributed by atoms with Gasteiger partial charge < -0.3 is 14.5 Å². The molecule has 0 saturated carbocycles. The molecule has 1 aromatic carbocycles. The minimum absolute atomic E-state index is 0.00653. The molecule has 36 heavy (non-hydrogen) atoms. The van der Waals surface area contributed by atoms with Crippen molar-refractivity contribution in [3.8, 4) is 33.8 Å². The van der Waals surface area contributed by atoms with E-state index in [0.717, 1.165) is 22.1 Å². The standard InChI is InChI=1S/C24H23F2N5O4S/c1-2-36(32,33)30-7-5-18(6-8-30)31-14-17(12-29-31)16-9-19-20(13-28-23(19)27-11-16)15-3-4-21-22(10-15)35-24(25,26)34-21/h3-4,9-14,18H,2,5-8H2,1H3,(H,27,28). The number of H-pyrrole nitrogens is 1. The van der Waals surface area contributed by atoms with Gasteiger partial charge in [0.05, 0.1) is 18.0 Å². The summed E-state index contributed by atoms with van der Waals surface area (Å²) in [5, 5.41) is 5.36. The van der Waals surface area contributed by atoms with Crippen molar-refractivity contribution in [2.75, 3.05) is 18.8 Å². The molecule has 188 valence electrons. The highest BCUT2D eigenvalue weighted by molar-refractivity contribution is 7.89. The highest BCUT2D eigenvalue weighted by Gasteiger charge is 2.43. The molecule has 0 spiro atoms. The highest BCUT2D eigenvalue weighted by Crippen LogP contribution is 2.44. The quantitative estimate of drug-likeness (QED) is 0.423. The Labute approximate surface area is 205 Å². The Morgan fingerprint density at radius 3 is 2.64 bits per heavy atom. The van der Waals surface area contributed by atoms with Crippen LogP contribution in [0.15, 0.2) is 49.1 Å². The molecular formula is C24H23F2N5O4S. The average Bonchev–Trinajstić information content (AvgIpc) is 3.59. The molecular weight excluding hydrogens is 492 g/mol. The molecule has 0 aliphatic carbocycles. The fourth-order valence-electron chi connectivity index (χ4n) is 4.77. The smallest absolute Gasteiger partial charge is 0.395 e. The number of hydrogen-bond acceptors (Lipinski definition) is 6. The first kappa shape index (κ1) is 22.9. The predicted octanol–water partition coefficient (Wildman–Crippen LogP) is 4.40. The van der Waals surface area contributed by atoms with Gasteiger partial charge in [0.15, 0.2) is 11.5 Å². The van der Waals surface area contributed by atoms with Gasteiger partial charge in [-0.3, -0.25) is 4.68 Å². The molecule has 4 aromatic rings. The van der Waals surface area contributed by atoms with E-state index in [9.17, 15) is 17.2 Å². The number of rotatable bonds is 5. The molecule has 0 radical (unpaired) electrons. The molecule has 1 N–H and O–H groups in total. The van der Waals surface area contributed by atoms with E-state index in [2.05, 4.69) is 24.5 Å². The van der Waals surface area contributed by atoms with Crippen LogP contribution in [0, 0.1) is 0 Å². The lowest BCUT2D eigenvalue weighted by atomic mass is 10.0. The number of alkyl halides is 2. The van der Waals surface area contributed by atoms with Crippen LogP contribution in [0.3, 0.4) is 0 Å². The Bertz CT molecular complexity index is 1560. The summed E-state index contributed by atoms with van der Waals surface area (Å²) in [4.78, 5) is 7.65. The Kier molecular flexibility index (Phi) is 5.27. The van der Waals surface area contributed by atoms with Gasteiger partial charge in [0, 0.05) is 53.8 Å². The largest absolute Gasteiger partial charge is 0.586 e. The Hall–Kier alpha value is -3.51. The lowest BCUT2D eigenvalue weighted by Gasteiger charge is -2.31. The van der Waals surface area contributed by atoms with Crippen molar-refractivity contribution in [3.63, 3.8) is 0 Å². The number of halogens is 2. The van der Waals surface area contributed by atoms with Crippen molar-refractivity contribution in [2.24, 2.45) is 0 Å². The highest BCUT2D eigenvalue weighted by atomic mass is 32.2. The number of fused-ring (bicyclic) bond motifs is 2. The second-order valence-corrected chi connectivity index (χ2v) is 11.1. The SMILES string of the molecule is CCS(=O)(=O)N1CCC(n2cc(-c3cnc4[nH]cc(-c5ccc6c(c5)OC(F)(F)O6)c4c3)cn2)CC1. The van der Waals surface area contributed by atoms with E-state index >= 15 is 0 Å². The molecule has 0 atom stereocenters. The maximum Gasteiger partial charge on any atom is 0.586 e. The zero-order chi connectivity index (χ0) is 25.1. The summed E-state index contributed by atoms with van der Waals surface area (Å²) in [6.45, 7) is 2.63. The lowest BCUT2D eigenvalue weighted by molar-refractivity contribution is -0.286. The van der Waals surface area contributed by atoms with Gasteiger partial charge in [-0.1, -0.05) is 6.07 Å². The van der Waals surface area contributed by atoms with E-state index in [1.165, 1.54) is 12.1 Å². The van der Waals surface area contributed by atoms with Crippen molar-refractivity contribution >= 4 is 21.1 Å². The minimum Gasteiger partial charge on any atom is -0.395 e. The fraction of sp³-hybridized carbons (Fsp3) is 0.333. The second kappa shape index (κ2) is 8.27. The van der Waals surface area contributed by atoms with Crippen LogP contribution in [0.25, 0.3) is 33.3 Å². The molecule has 1 saturated heterocycles. The number of aromatic amines is 1. The normalized spacial score (nSPS) is 18.2. The average molecular weight is 516 g/mol. The van der Waals surface area contributed by atoms with E-state index in [4.69, 9.17) is 0 Å². The number of benzene rings is 1. The van der Waals surface area contributed by atoms with Crippen LogP contribution in [0.5, 0.6) is 11.5 Å². The van der Waals surface area contributed by atoms with E-state index < -0.39 is 16.3 Å². The first-order valence-corrected chi connectivity index (χ1v) is 13.2. The van der Waals surface area contributed by atoms with Crippen LogP contribution in [-0.4, -0.2) is 57.6 Å². The van der Waals surface area contributed by atoms with Gasteiger partial charge in [0.2, 0.25) is 10.0 Å². The van der Waals surface area contributed by atoms with E-state index in [0.29, 0.717) is 37.1 Å². The molecule has 0 bridgehead atoms. The van der Waals surface area contributed by atoms with Gasteiger partial charge in [-0.25, -0.2) is 17.7 Å². The summed E-state index contributed by atoms with van der Waals surface area (Å²) in [5.74, 6) is 0.0850. The second-order valence-electron chi connectivity index (χ2n) is 8.89. The van der Waals surface area contributed by atoms with Gasteiger partial charge in [-0.05, 0) is 43.5 Å². The Balaban J connectivity index is 1.26. The van der Waals surface area contributed by atoms with Crippen LogP contribution < -0.4 is 9.47 Å². The molecule has 5 heterocycles. The summed E-state index contributed by atoms with van der Waals surface area (Å²) < 4.78 is 63.7. The number of nitrogens with zero attached hydrogens (tertiary/aromatic N) is 4. The molecule has 2 aliphatic heterocycles. The zero-order valence-corrected chi connectivity index (χ0v) is 20.1. The summed E-state index contributed by atoms with van der Waals surface area (Å²) in [6, 6.07) is 6.78. The van der Waals surface area contributed by atoms with E-state index in [1.54, 1.807) is 35.9 Å². The third kappa shape index (κ3) is 3.99. The Morgan fingerprint density at radius 2 is 1.86 bits per heavy atom. The topological polar surface area (TPSA) is 102 Å². The van der Waals surface area contributed by atoms with Gasteiger partial charge in [-0.2, -0.15) is 5.10 Å². The fourth-order valence-corrected chi connectivity index (χ4v) is 5.90. The summed E-state index contributed by atoms with van der Waals surface area (Å²) in [6.07, 6.45) is 4.97. The van der Waals surface area contributed by atoms with Gasteiger partial charge in [-0.15, -0.1) is 8.78 Å². The predicted molar refractivity (Wildman–Crippen MR) is 128 cm³/mol. The minimum atomic E-state index is -3.67. The molecule has 6 rings (SSSR count). The summed E-state index contributed by atoms with van der Waals surface area (Å²) in [7, 11) is -3.18. The third-order valence-corrected chi connectivity index (χ3v) is 8.62. The van der Waals surface area contributed by atoms with Crippen LogP contribution in [0.4, 0.5) is 8.78 Å². The van der Waals surface area contributed by atoms with Gasteiger partial charge in [0.25, 0.3) is 0 Å². The van der Waals surface area contributed by atoms with Crippen molar-refractivity contribution in [3.05, 3.63) is 49.1 Å². The molecule has 1 fully saturated rings. The number of ether oxygens (including phenoxy) is 2. The molecule has 0 unspecified atom stereocenters. The Morgan fingerprint density at radius 1 is 1.08 bits per heavy atom. The van der Waals surface area contributed by atoms with Gasteiger partial charge in [0.1, 0.15) is 5.65 Å². The zero-order valence-electron chi connectivity index (χ0n) is 19.3. The number of sulfonamides is 1. The monoisotopic (exact) mass is 515 g/mol. The van der Waals surface area contributed by atoms with Crippen LogP contribution in [0.2, 0.25) is 0 Å². The molecule has 2 aliphatic rings. The first-order chi connectivity index (χ1) is 17.2. The summed E-state index contributed by atoms with van der Waals surface area (Å²) in [5.41, 5.74) is 3.87. The van der Waals surface area contributed by atoms with Crippen molar-refractivity contribution in [1.29, 1.82) is 0 Å². The van der Waals surface area contributed by atoms with E-state index in [1.807, 2.05) is 16.9 Å². The van der Waals surface area contributed by atoms with Crippen molar-refractivity contribution < 1.29 is 26.7 Å². The number of pyridine rings is 1. The van der Waals surface area contributed by atoms with Crippen LogP contribution in [-0.2, 0) is 10.0 Å². The molecule has 12 heteroatoms. The molecule has 0 amide bonds. The third-order valence-electron chi connectivity index (χ3n) is 6.73. The number of nitrogens with one attached hydrogen (secondary N) is 1. The summed E-state index contributed by atoms with van der Waals surface area (Å²) >= 11 is 0. The maximum absolute atomic E-state index is 13.4. The van der Waals surface area contributed by atoms with Crippen LogP contribution >= 0.6 is 0 Å². The number of piperidine rings is 1. The maximum atomic E-state index is 13.4. The first-order valence-electron chi connectivity index (χ1n) is 11.6. The number of hydrogen-bond donors (Lipinski definition) is 1. The number of aromatic nitrogens is 4. The van der Waals surface area contributed by atoms with Gasteiger partial charge >= 0.3 is 6.29 Å². The molecule has 3 aromatic heterocycles.